The van der Waals surface area contributed by atoms with E-state index in [1.54, 1.807) is 12.1 Å². The molecule has 3 rings (SSSR count). The minimum atomic E-state index is -0.374. The molecule has 2 heterocycles. The normalized spacial score (nSPS) is 23.9. The summed E-state index contributed by atoms with van der Waals surface area (Å²) in [5, 5.41) is 0.558. The number of benzene rings is 1. The third-order valence-corrected chi connectivity index (χ3v) is 4.43. The van der Waals surface area contributed by atoms with Gasteiger partial charge < -0.3 is 4.74 Å². The summed E-state index contributed by atoms with van der Waals surface area (Å²) < 4.78 is 5.29. The predicted octanol–water partition coefficient (Wildman–Crippen LogP) is 1.61. The number of rotatable bonds is 2. The number of carbonyl (C=O) groups is 2. The lowest BCUT2D eigenvalue weighted by atomic mass is 10.2. The summed E-state index contributed by atoms with van der Waals surface area (Å²) in [6, 6.07) is 4.88. The molecule has 6 heteroatoms. The van der Waals surface area contributed by atoms with Gasteiger partial charge in [-0.15, -0.1) is 0 Å². The van der Waals surface area contributed by atoms with E-state index in [9.17, 15) is 9.59 Å². The molecular formula is C15H17ClN2O3. The van der Waals surface area contributed by atoms with Gasteiger partial charge in [0.1, 0.15) is 0 Å². The Kier molecular flexibility index (Phi) is 3.97. The van der Waals surface area contributed by atoms with Gasteiger partial charge in [0.15, 0.2) is 0 Å². The van der Waals surface area contributed by atoms with Gasteiger partial charge in [-0.3, -0.25) is 14.5 Å². The molecule has 2 aliphatic rings. The van der Waals surface area contributed by atoms with Crippen LogP contribution in [-0.4, -0.2) is 49.1 Å². The lowest BCUT2D eigenvalue weighted by Crippen LogP contribution is -2.47. The highest BCUT2D eigenvalue weighted by Crippen LogP contribution is 2.29. The van der Waals surface area contributed by atoms with Crippen LogP contribution in [0.2, 0.25) is 5.02 Å². The van der Waals surface area contributed by atoms with Gasteiger partial charge in [-0.05, 0) is 24.6 Å². The van der Waals surface area contributed by atoms with E-state index in [2.05, 4.69) is 0 Å². The van der Waals surface area contributed by atoms with E-state index in [0.717, 1.165) is 5.56 Å². The van der Waals surface area contributed by atoms with Gasteiger partial charge in [-0.1, -0.05) is 17.7 Å². The lowest BCUT2D eigenvalue weighted by molar-refractivity contribution is -0.123. The molecule has 21 heavy (non-hydrogen) atoms. The van der Waals surface area contributed by atoms with Gasteiger partial charge in [-0.2, -0.15) is 0 Å². The largest absolute Gasteiger partial charge is 0.379 e. The fraction of sp³-hybridized carbons (Fsp3) is 0.467. The van der Waals surface area contributed by atoms with E-state index in [-0.39, 0.29) is 24.3 Å². The highest BCUT2D eigenvalue weighted by Gasteiger charge is 2.43. The van der Waals surface area contributed by atoms with Crippen LogP contribution < -0.4 is 4.90 Å². The number of anilines is 1. The van der Waals surface area contributed by atoms with Crippen LogP contribution in [0, 0.1) is 6.92 Å². The van der Waals surface area contributed by atoms with Crippen molar-refractivity contribution in [2.24, 2.45) is 0 Å². The van der Waals surface area contributed by atoms with Gasteiger partial charge in [0.05, 0.1) is 31.4 Å². The number of ether oxygens (including phenoxy) is 1. The molecule has 1 aromatic carbocycles. The summed E-state index contributed by atoms with van der Waals surface area (Å²) in [6.07, 6.45) is 0.227. The third kappa shape index (κ3) is 2.69. The fourth-order valence-electron chi connectivity index (χ4n) is 2.78. The molecule has 0 aromatic heterocycles. The molecule has 0 saturated carbocycles. The smallest absolute Gasteiger partial charge is 0.251 e. The number of carbonyl (C=O) groups excluding carboxylic acids is 2. The highest BCUT2D eigenvalue weighted by molar-refractivity contribution is 6.32. The Morgan fingerprint density at radius 1 is 1.24 bits per heavy atom. The molecule has 112 valence electrons. The summed E-state index contributed by atoms with van der Waals surface area (Å²) in [6.45, 7) is 4.47. The summed E-state index contributed by atoms with van der Waals surface area (Å²) in [7, 11) is 0. The maximum atomic E-state index is 12.6. The average molecular weight is 309 g/mol. The lowest BCUT2D eigenvalue weighted by Gasteiger charge is -2.30. The molecule has 0 N–H and O–H groups in total. The molecule has 0 aliphatic carbocycles. The Morgan fingerprint density at radius 3 is 2.62 bits per heavy atom. The quantitative estimate of drug-likeness (QED) is 0.779. The number of halogens is 1. The van der Waals surface area contributed by atoms with E-state index >= 15 is 0 Å². The predicted molar refractivity (Wildman–Crippen MR) is 79.5 cm³/mol. The number of imide groups is 1. The van der Waals surface area contributed by atoms with Crippen LogP contribution >= 0.6 is 11.6 Å². The molecule has 0 radical (unpaired) electrons. The first-order valence-corrected chi connectivity index (χ1v) is 7.40. The van der Waals surface area contributed by atoms with Gasteiger partial charge in [0.2, 0.25) is 5.91 Å². The molecule has 0 bridgehead atoms. The van der Waals surface area contributed by atoms with Crippen molar-refractivity contribution in [2.45, 2.75) is 19.4 Å². The number of morpholine rings is 1. The van der Waals surface area contributed by atoms with Crippen LogP contribution in [0.4, 0.5) is 5.69 Å². The van der Waals surface area contributed by atoms with Gasteiger partial charge in [0.25, 0.3) is 5.91 Å². The van der Waals surface area contributed by atoms with Crippen LogP contribution in [0.1, 0.15) is 12.0 Å². The van der Waals surface area contributed by atoms with Crippen molar-refractivity contribution in [1.29, 1.82) is 0 Å². The maximum Gasteiger partial charge on any atom is 0.251 e. The van der Waals surface area contributed by atoms with Gasteiger partial charge in [-0.25, -0.2) is 4.90 Å². The molecule has 2 saturated heterocycles. The Hall–Kier alpha value is -1.43. The second kappa shape index (κ2) is 5.75. The van der Waals surface area contributed by atoms with Gasteiger partial charge >= 0.3 is 0 Å². The van der Waals surface area contributed by atoms with Crippen molar-refractivity contribution >= 4 is 29.1 Å². The molecule has 1 atom stereocenters. The molecule has 2 fully saturated rings. The van der Waals surface area contributed by atoms with Crippen molar-refractivity contribution in [1.82, 2.24) is 4.90 Å². The van der Waals surface area contributed by atoms with Crippen molar-refractivity contribution in [3.05, 3.63) is 28.8 Å². The molecule has 1 aromatic rings. The Bertz CT molecular complexity index is 584. The van der Waals surface area contributed by atoms with Crippen molar-refractivity contribution < 1.29 is 14.3 Å². The van der Waals surface area contributed by atoms with Crippen LogP contribution in [0.25, 0.3) is 0 Å². The molecule has 2 aliphatic heterocycles. The first-order chi connectivity index (χ1) is 10.1. The van der Waals surface area contributed by atoms with Crippen LogP contribution in [0.15, 0.2) is 18.2 Å². The van der Waals surface area contributed by atoms with E-state index in [0.29, 0.717) is 37.0 Å². The highest BCUT2D eigenvalue weighted by atomic mass is 35.5. The number of amides is 2. The average Bonchev–Trinajstić information content (AvgIpc) is 2.78. The zero-order valence-electron chi connectivity index (χ0n) is 11.8. The van der Waals surface area contributed by atoms with Gasteiger partial charge in [0, 0.05) is 18.1 Å². The van der Waals surface area contributed by atoms with Crippen molar-refractivity contribution in [2.75, 3.05) is 31.2 Å². The minimum absolute atomic E-state index is 0.165. The second-order valence-electron chi connectivity index (χ2n) is 5.37. The van der Waals surface area contributed by atoms with Crippen LogP contribution in [0.5, 0.6) is 0 Å². The molecule has 5 nitrogen and oxygen atoms in total. The summed E-state index contributed by atoms with van der Waals surface area (Å²) >= 11 is 6.10. The SMILES string of the molecule is Cc1ccc(N2C(=O)C[C@@H](N3CCOCC3)C2=O)cc1Cl. The summed E-state index contributed by atoms with van der Waals surface area (Å²) in [5.41, 5.74) is 1.47. The van der Waals surface area contributed by atoms with E-state index in [1.807, 2.05) is 17.9 Å². The first-order valence-electron chi connectivity index (χ1n) is 7.02. The Balaban J connectivity index is 1.84. The summed E-state index contributed by atoms with van der Waals surface area (Å²) in [4.78, 5) is 28.1. The second-order valence-corrected chi connectivity index (χ2v) is 5.78. The Labute approximate surface area is 128 Å². The molecule has 0 spiro atoms. The zero-order chi connectivity index (χ0) is 15.0. The third-order valence-electron chi connectivity index (χ3n) is 4.02. The maximum absolute atomic E-state index is 12.6. The summed E-state index contributed by atoms with van der Waals surface area (Å²) in [5.74, 6) is -0.335. The van der Waals surface area contributed by atoms with Crippen molar-refractivity contribution in [3.63, 3.8) is 0 Å². The molecule has 0 unspecified atom stereocenters. The van der Waals surface area contributed by atoms with E-state index in [4.69, 9.17) is 16.3 Å². The topological polar surface area (TPSA) is 49.9 Å². The standard InChI is InChI=1S/C15H17ClN2O3/c1-10-2-3-11(8-12(10)16)18-14(19)9-13(15(18)20)17-4-6-21-7-5-17/h2-3,8,13H,4-7,9H2,1H3/t13-/m1/s1. The Morgan fingerprint density at radius 2 is 1.95 bits per heavy atom. The van der Waals surface area contributed by atoms with Crippen molar-refractivity contribution in [3.8, 4) is 0 Å². The number of hydrogen-bond acceptors (Lipinski definition) is 4. The zero-order valence-corrected chi connectivity index (χ0v) is 12.6. The van der Waals surface area contributed by atoms with E-state index in [1.165, 1.54) is 4.90 Å². The number of hydrogen-bond donors (Lipinski definition) is 0. The fourth-order valence-corrected chi connectivity index (χ4v) is 2.96. The van der Waals surface area contributed by atoms with E-state index < -0.39 is 0 Å². The number of nitrogens with zero attached hydrogens (tertiary/aromatic N) is 2. The number of aryl methyl sites for hydroxylation is 1. The first kappa shape index (κ1) is 14.5. The molecule has 2 amide bonds. The van der Waals surface area contributed by atoms with Crippen LogP contribution in [0.3, 0.4) is 0 Å². The molecular weight excluding hydrogens is 292 g/mol. The minimum Gasteiger partial charge on any atom is -0.379 e. The monoisotopic (exact) mass is 308 g/mol. The van der Waals surface area contributed by atoms with Crippen LogP contribution in [-0.2, 0) is 14.3 Å².